The Balaban J connectivity index is 0.956. The zero-order valence-corrected chi connectivity index (χ0v) is 33.6. The molecule has 0 atom stereocenters. The summed E-state index contributed by atoms with van der Waals surface area (Å²) in [5.41, 5.74) is 19.2. The summed E-state index contributed by atoms with van der Waals surface area (Å²) >= 11 is 0. The van der Waals surface area contributed by atoms with E-state index < -0.39 is 5.41 Å². The minimum Gasteiger partial charge on any atom is -0.456 e. The van der Waals surface area contributed by atoms with E-state index >= 15 is 0 Å². The van der Waals surface area contributed by atoms with Crippen LogP contribution >= 0.6 is 0 Å². The summed E-state index contributed by atoms with van der Waals surface area (Å²) in [5.74, 6) is 1.66. The first kappa shape index (κ1) is 34.7. The Bertz CT molecular complexity index is 3470. The fraction of sp³-hybridized carbons (Fsp3) is 0.0169. The Morgan fingerprint density at radius 1 is 0.290 bits per heavy atom. The molecule has 1 spiro atoms. The van der Waals surface area contributed by atoms with Crippen LogP contribution in [0.15, 0.2) is 233 Å². The Morgan fingerprint density at radius 3 is 1.55 bits per heavy atom. The first-order valence-corrected chi connectivity index (χ1v) is 21.2. The minimum atomic E-state index is -0.453. The van der Waals surface area contributed by atoms with Gasteiger partial charge in [0.05, 0.1) is 5.41 Å². The lowest BCUT2D eigenvalue weighted by atomic mass is 9.70. The molecule has 290 valence electrons. The molecule has 0 fully saturated rings. The van der Waals surface area contributed by atoms with Gasteiger partial charge in [0, 0.05) is 45.0 Å². The van der Waals surface area contributed by atoms with E-state index in [1.54, 1.807) is 0 Å². The lowest BCUT2D eigenvalue weighted by molar-refractivity contribution is 0.597. The maximum Gasteiger partial charge on any atom is 0.137 e. The van der Waals surface area contributed by atoms with E-state index in [9.17, 15) is 0 Å². The van der Waals surface area contributed by atoms with Crippen LogP contribution in [0.25, 0.3) is 78.0 Å². The van der Waals surface area contributed by atoms with Crippen molar-refractivity contribution in [2.24, 2.45) is 0 Å². The van der Waals surface area contributed by atoms with Gasteiger partial charge in [0.2, 0.25) is 0 Å². The quantitative estimate of drug-likeness (QED) is 0.168. The van der Waals surface area contributed by atoms with E-state index in [0.29, 0.717) is 0 Å². The third-order valence-corrected chi connectivity index (χ3v) is 13.1. The average molecular weight is 792 g/mol. The van der Waals surface area contributed by atoms with Crippen molar-refractivity contribution in [1.82, 2.24) is 0 Å². The lowest BCUT2D eigenvalue weighted by Gasteiger charge is -2.32. The molecule has 0 radical (unpaired) electrons. The molecule has 9 aromatic carbocycles. The molecule has 2 heterocycles. The van der Waals surface area contributed by atoms with Crippen molar-refractivity contribution in [2.75, 3.05) is 4.90 Å². The van der Waals surface area contributed by atoms with Crippen molar-refractivity contribution < 1.29 is 8.83 Å². The van der Waals surface area contributed by atoms with Crippen molar-refractivity contribution in [3.63, 3.8) is 0 Å². The van der Waals surface area contributed by atoms with E-state index in [4.69, 9.17) is 8.83 Å². The average Bonchev–Trinajstić information content (AvgIpc) is 4.12. The normalized spacial score (nSPS) is 13.0. The minimum absolute atomic E-state index is 0.453. The highest BCUT2D eigenvalue weighted by molar-refractivity contribution is 6.06. The maximum absolute atomic E-state index is 6.56. The van der Waals surface area contributed by atoms with Gasteiger partial charge in [-0.3, -0.25) is 0 Å². The van der Waals surface area contributed by atoms with Gasteiger partial charge in [-0.15, -0.1) is 0 Å². The smallest absolute Gasteiger partial charge is 0.137 e. The molecule has 0 N–H and O–H groups in total. The van der Waals surface area contributed by atoms with Crippen molar-refractivity contribution in [3.8, 4) is 56.0 Å². The van der Waals surface area contributed by atoms with E-state index in [1.165, 1.54) is 50.1 Å². The van der Waals surface area contributed by atoms with Crippen molar-refractivity contribution >= 4 is 39.0 Å². The first-order valence-electron chi connectivity index (χ1n) is 21.2. The van der Waals surface area contributed by atoms with E-state index in [2.05, 4.69) is 211 Å². The summed E-state index contributed by atoms with van der Waals surface area (Å²) in [6.07, 6.45) is 0. The third-order valence-electron chi connectivity index (χ3n) is 13.1. The number of fused-ring (bicyclic) bond motifs is 13. The predicted octanol–water partition coefficient (Wildman–Crippen LogP) is 16.0. The van der Waals surface area contributed by atoms with E-state index in [1.807, 2.05) is 18.2 Å². The number of furan rings is 2. The monoisotopic (exact) mass is 791 g/mol. The Kier molecular flexibility index (Phi) is 7.52. The third kappa shape index (κ3) is 5.06. The van der Waals surface area contributed by atoms with Crippen LogP contribution in [0.3, 0.4) is 0 Å². The standard InChI is InChI=1S/C59H37NO2/c1-2-13-38(14-3-1)40-15-12-16-41(35-40)56-34-33-55(61-56)39-25-27-42(28-26-39)60(44-30-32-50-49-20-7-11-24-57(49)62-58(50)37-44)43-29-31-48-47-19-6-10-23-53(47)59(54(48)36-43)51-21-8-4-17-45(51)46-18-5-9-22-52(46)59/h1-37H. The lowest BCUT2D eigenvalue weighted by Crippen LogP contribution is -2.26. The molecule has 11 aromatic rings. The number of rotatable bonds is 6. The molecule has 0 bridgehead atoms. The zero-order chi connectivity index (χ0) is 40.8. The number of nitrogens with zero attached hydrogens (tertiary/aromatic N) is 1. The number of hydrogen-bond acceptors (Lipinski definition) is 3. The fourth-order valence-corrected chi connectivity index (χ4v) is 10.4. The Morgan fingerprint density at radius 2 is 0.823 bits per heavy atom. The molecule has 2 aromatic heterocycles. The highest BCUT2D eigenvalue weighted by Crippen LogP contribution is 2.63. The van der Waals surface area contributed by atoms with Crippen LogP contribution in [-0.4, -0.2) is 0 Å². The van der Waals surface area contributed by atoms with Gasteiger partial charge in [0.15, 0.2) is 0 Å². The second-order valence-corrected chi connectivity index (χ2v) is 16.4. The first-order chi connectivity index (χ1) is 30.7. The highest BCUT2D eigenvalue weighted by Gasteiger charge is 2.51. The maximum atomic E-state index is 6.56. The van der Waals surface area contributed by atoms with E-state index in [-0.39, 0.29) is 0 Å². The van der Waals surface area contributed by atoms with Crippen molar-refractivity contribution in [1.29, 1.82) is 0 Å². The second kappa shape index (κ2) is 13.4. The van der Waals surface area contributed by atoms with Gasteiger partial charge in [-0.1, -0.05) is 146 Å². The highest BCUT2D eigenvalue weighted by atomic mass is 16.3. The largest absolute Gasteiger partial charge is 0.456 e. The number of anilines is 3. The van der Waals surface area contributed by atoms with Crippen LogP contribution < -0.4 is 4.90 Å². The van der Waals surface area contributed by atoms with Gasteiger partial charge in [-0.2, -0.15) is 0 Å². The number of hydrogen-bond donors (Lipinski definition) is 0. The molecule has 62 heavy (non-hydrogen) atoms. The summed E-state index contributed by atoms with van der Waals surface area (Å²) in [6, 6.07) is 80.7. The Hall–Kier alpha value is -8.14. The molecule has 0 aliphatic heterocycles. The molecular formula is C59H37NO2. The zero-order valence-electron chi connectivity index (χ0n) is 33.6. The fourth-order valence-electron chi connectivity index (χ4n) is 10.4. The topological polar surface area (TPSA) is 29.5 Å². The molecule has 3 heteroatoms. The molecular weight excluding hydrogens is 755 g/mol. The molecule has 13 rings (SSSR count). The van der Waals surface area contributed by atoms with Crippen LogP contribution in [0.4, 0.5) is 17.1 Å². The summed E-state index contributed by atoms with van der Waals surface area (Å²) in [7, 11) is 0. The summed E-state index contributed by atoms with van der Waals surface area (Å²) in [5, 5.41) is 2.22. The number of para-hydroxylation sites is 1. The summed E-state index contributed by atoms with van der Waals surface area (Å²) in [6.45, 7) is 0. The molecule has 0 saturated heterocycles. The predicted molar refractivity (Wildman–Crippen MR) is 253 cm³/mol. The van der Waals surface area contributed by atoms with Gasteiger partial charge in [-0.25, -0.2) is 0 Å². The van der Waals surface area contributed by atoms with Gasteiger partial charge in [0.25, 0.3) is 0 Å². The van der Waals surface area contributed by atoms with Gasteiger partial charge in [0.1, 0.15) is 22.7 Å². The van der Waals surface area contributed by atoms with Crippen LogP contribution in [-0.2, 0) is 5.41 Å². The van der Waals surface area contributed by atoms with Gasteiger partial charge >= 0.3 is 0 Å². The van der Waals surface area contributed by atoms with Gasteiger partial charge in [-0.05, 0) is 128 Å². The molecule has 0 unspecified atom stereocenters. The van der Waals surface area contributed by atoms with Crippen molar-refractivity contribution in [2.45, 2.75) is 5.41 Å². The van der Waals surface area contributed by atoms with Crippen LogP contribution in [0.1, 0.15) is 22.3 Å². The number of benzene rings is 9. The molecule has 0 saturated carbocycles. The molecule has 3 nitrogen and oxygen atoms in total. The van der Waals surface area contributed by atoms with Crippen LogP contribution in [0, 0.1) is 0 Å². The summed E-state index contributed by atoms with van der Waals surface area (Å²) in [4.78, 5) is 2.36. The van der Waals surface area contributed by atoms with Crippen LogP contribution in [0.2, 0.25) is 0 Å². The van der Waals surface area contributed by atoms with Crippen LogP contribution in [0.5, 0.6) is 0 Å². The Labute approximate surface area is 359 Å². The SMILES string of the molecule is c1ccc(-c2cccc(-c3ccc(-c4ccc(N(c5ccc6c(c5)C5(c7ccccc7-c7ccccc75)c5ccccc5-6)c5ccc6c(c5)oc5ccccc56)cc4)o3)c2)cc1. The molecule has 0 amide bonds. The van der Waals surface area contributed by atoms with Gasteiger partial charge < -0.3 is 13.7 Å². The second-order valence-electron chi connectivity index (χ2n) is 16.4. The summed E-state index contributed by atoms with van der Waals surface area (Å²) < 4.78 is 13.1. The van der Waals surface area contributed by atoms with Crippen molar-refractivity contribution in [3.05, 3.63) is 247 Å². The van der Waals surface area contributed by atoms with E-state index in [0.717, 1.165) is 67.2 Å². The molecule has 2 aliphatic rings. The molecule has 2 aliphatic carbocycles.